The molecule has 0 amide bonds. The number of imidazole rings is 1. The maximum atomic E-state index is 14.3. The fourth-order valence-corrected chi connectivity index (χ4v) is 13.3. The van der Waals surface area contributed by atoms with Gasteiger partial charge in [0.1, 0.15) is 12.2 Å². The second kappa shape index (κ2) is 11.7. The summed E-state index contributed by atoms with van der Waals surface area (Å²) in [6, 6.07) is 35.4. The van der Waals surface area contributed by atoms with Gasteiger partial charge < -0.3 is 23.7 Å². The van der Waals surface area contributed by atoms with Crippen molar-refractivity contribution < 1.29 is 32.2 Å². The lowest BCUT2D eigenvalue weighted by atomic mass is 10.1. The number of aromatic nitrogens is 2. The van der Waals surface area contributed by atoms with Crippen LogP contribution in [-0.2, 0) is 34.4 Å². The number of para-hydroxylation sites is 2. The van der Waals surface area contributed by atoms with Crippen LogP contribution in [0.3, 0.4) is 0 Å². The average molecular weight is 685 g/mol. The minimum Gasteiger partial charge on any atom is -0.405 e. The predicted molar refractivity (Wildman–Crippen MR) is 185 cm³/mol. The second-order valence-corrected chi connectivity index (χ2v) is 19.9. The van der Waals surface area contributed by atoms with Gasteiger partial charge in [-0.05, 0) is 53.5 Å². The van der Waals surface area contributed by atoms with E-state index in [1.165, 1.54) is 12.1 Å². The Morgan fingerprint density at radius 2 is 1.35 bits per heavy atom. The highest BCUT2D eigenvalue weighted by Crippen LogP contribution is 2.49. The second-order valence-electron chi connectivity index (χ2n) is 13.9. The van der Waals surface area contributed by atoms with Gasteiger partial charge in [0.05, 0.1) is 22.5 Å². The van der Waals surface area contributed by atoms with E-state index >= 15 is 0 Å². The van der Waals surface area contributed by atoms with Gasteiger partial charge in [0.15, 0.2) is 17.7 Å². The number of aliphatic hydroxyl groups is 1. The van der Waals surface area contributed by atoms with Gasteiger partial charge in [-0.25, -0.2) is 17.4 Å². The molecule has 7 rings (SSSR count). The minimum atomic E-state index is -4.24. The largest absolute Gasteiger partial charge is 0.405 e. The number of fused-ring (bicyclic) bond motifs is 2. The Morgan fingerprint density at radius 3 is 1.94 bits per heavy atom. The molecule has 11 heteroatoms. The molecule has 0 aliphatic carbocycles. The Balaban J connectivity index is 1.34. The van der Waals surface area contributed by atoms with E-state index in [0.29, 0.717) is 11.0 Å². The van der Waals surface area contributed by atoms with Crippen LogP contribution in [-0.4, -0.2) is 61.5 Å². The highest BCUT2D eigenvalue weighted by Gasteiger charge is 2.66. The number of ether oxygens (including phenoxy) is 3. The number of benzene rings is 4. The zero-order chi connectivity index (χ0) is 34.0. The third-order valence-electron chi connectivity index (χ3n) is 9.21. The zero-order valence-electron chi connectivity index (χ0n) is 27.6. The summed E-state index contributed by atoms with van der Waals surface area (Å²) in [4.78, 5) is 4.73. The summed E-state index contributed by atoms with van der Waals surface area (Å²) in [5.74, 6) is -3.62. The summed E-state index contributed by atoms with van der Waals surface area (Å²) in [7, 11) is -7.25. The molecule has 2 aliphatic rings. The van der Waals surface area contributed by atoms with E-state index in [-0.39, 0.29) is 22.4 Å². The van der Waals surface area contributed by atoms with Crippen LogP contribution in [0.1, 0.15) is 40.4 Å². The van der Waals surface area contributed by atoms with Crippen molar-refractivity contribution in [2.24, 2.45) is 0 Å². The monoisotopic (exact) mass is 684 g/mol. The average Bonchev–Trinajstić information content (AvgIpc) is 3.71. The van der Waals surface area contributed by atoms with E-state index in [9.17, 15) is 13.5 Å². The third-order valence-corrected chi connectivity index (χ3v) is 15.9. The lowest BCUT2D eigenvalue weighted by molar-refractivity contribution is -0.286. The zero-order valence-corrected chi connectivity index (χ0v) is 29.4. The Kier molecular flexibility index (Phi) is 8.03. The standard InChI is InChI=1S/C37H40N2O7SSi/c1-35(2,3)48(27-19-11-7-12-20-27,28-21-13-8-14-22-28)43-25-31-32-33(46-36(4,5)45-32)37(40,44-31)34-38-29-23-15-16-24-30(29)39(34)47(41,42)26-17-9-6-10-18-26/h6-24,31-33,40H,25H2,1-5H3/t31-,32-,33-,37?/m1/s1. The van der Waals surface area contributed by atoms with Crippen molar-refractivity contribution in [3.8, 4) is 0 Å². The third kappa shape index (κ3) is 5.25. The summed E-state index contributed by atoms with van der Waals surface area (Å²) in [6.45, 7) is 10.1. The molecule has 1 N–H and O–H groups in total. The maximum absolute atomic E-state index is 14.3. The smallest absolute Gasteiger partial charge is 0.269 e. The first-order valence-corrected chi connectivity index (χ1v) is 19.4. The Hall–Kier alpha value is -3.68. The van der Waals surface area contributed by atoms with Crippen molar-refractivity contribution >= 4 is 39.7 Å². The minimum absolute atomic E-state index is 0.0435. The molecule has 250 valence electrons. The molecular formula is C37H40N2O7SSi. The van der Waals surface area contributed by atoms with Gasteiger partial charge in [-0.1, -0.05) is 112 Å². The summed E-state index contributed by atoms with van der Waals surface area (Å²) >= 11 is 0. The van der Waals surface area contributed by atoms with E-state index in [0.717, 1.165) is 14.3 Å². The van der Waals surface area contributed by atoms with Crippen LogP contribution in [0.2, 0.25) is 5.04 Å². The molecule has 9 nitrogen and oxygen atoms in total. The van der Waals surface area contributed by atoms with Crippen LogP contribution in [0.15, 0.2) is 120 Å². The molecule has 1 aromatic heterocycles. The first-order valence-electron chi connectivity index (χ1n) is 16.1. The van der Waals surface area contributed by atoms with Crippen molar-refractivity contribution in [3.05, 3.63) is 121 Å². The normalized spacial score (nSPS) is 24.2. The quantitative estimate of drug-likeness (QED) is 0.230. The number of rotatable bonds is 8. The van der Waals surface area contributed by atoms with E-state index < -0.39 is 48.2 Å². The fraction of sp³-hybridized carbons (Fsp3) is 0.324. The molecule has 0 bridgehead atoms. The van der Waals surface area contributed by atoms with Gasteiger partial charge in [-0.2, -0.15) is 0 Å². The molecule has 0 radical (unpaired) electrons. The van der Waals surface area contributed by atoms with Gasteiger partial charge in [-0.15, -0.1) is 0 Å². The molecule has 48 heavy (non-hydrogen) atoms. The van der Waals surface area contributed by atoms with E-state index in [4.69, 9.17) is 18.6 Å². The summed E-state index contributed by atoms with van der Waals surface area (Å²) in [5, 5.41) is 14.5. The lowest BCUT2D eigenvalue weighted by Crippen LogP contribution is -2.67. The summed E-state index contributed by atoms with van der Waals surface area (Å²) < 4.78 is 56.1. The van der Waals surface area contributed by atoms with Crippen LogP contribution in [0, 0.1) is 0 Å². The molecule has 3 heterocycles. The van der Waals surface area contributed by atoms with Crippen LogP contribution >= 0.6 is 0 Å². The fourth-order valence-electron chi connectivity index (χ4n) is 7.18. The van der Waals surface area contributed by atoms with Crippen molar-refractivity contribution in [2.75, 3.05) is 6.61 Å². The lowest BCUT2D eigenvalue weighted by Gasteiger charge is -2.43. The molecule has 4 aromatic carbocycles. The Bertz CT molecular complexity index is 1990. The number of nitrogens with zero attached hydrogens (tertiary/aromatic N) is 2. The first-order chi connectivity index (χ1) is 22.8. The van der Waals surface area contributed by atoms with E-state index in [2.05, 4.69) is 50.0 Å². The van der Waals surface area contributed by atoms with Gasteiger partial charge in [0.25, 0.3) is 24.1 Å². The highest BCUT2D eigenvalue weighted by molar-refractivity contribution is 7.90. The topological polar surface area (TPSA) is 109 Å². The number of hydrogen-bond acceptors (Lipinski definition) is 8. The van der Waals surface area contributed by atoms with Crippen LogP contribution in [0.5, 0.6) is 0 Å². The maximum Gasteiger partial charge on any atom is 0.269 e. The van der Waals surface area contributed by atoms with Crippen LogP contribution in [0.4, 0.5) is 0 Å². The first kappa shape index (κ1) is 32.8. The molecule has 0 saturated carbocycles. The van der Waals surface area contributed by atoms with Gasteiger partial charge in [0.2, 0.25) is 0 Å². The highest BCUT2D eigenvalue weighted by atomic mass is 32.2. The SMILES string of the molecule is CC1(C)O[C@H]2[C@@H](O1)C(O)(c1nc3ccccc3n1S(=O)(=O)c1ccccc1)O[C@@H]2CO[Si](c1ccccc1)(c1ccccc1)C(C)(C)C. The van der Waals surface area contributed by atoms with Crippen LogP contribution in [0.25, 0.3) is 11.0 Å². The van der Waals surface area contributed by atoms with Crippen molar-refractivity contribution in [1.82, 2.24) is 8.96 Å². The van der Waals surface area contributed by atoms with Crippen molar-refractivity contribution in [1.29, 1.82) is 0 Å². The molecule has 1 unspecified atom stereocenters. The van der Waals surface area contributed by atoms with Gasteiger partial charge in [-0.3, -0.25) is 0 Å². The molecule has 2 fully saturated rings. The van der Waals surface area contributed by atoms with E-state index in [1.807, 2.05) is 36.4 Å². The number of hydrogen-bond donors (Lipinski definition) is 1. The molecule has 2 saturated heterocycles. The van der Waals surface area contributed by atoms with E-state index in [1.54, 1.807) is 56.3 Å². The van der Waals surface area contributed by atoms with Crippen LogP contribution < -0.4 is 10.4 Å². The molecule has 5 aromatic rings. The van der Waals surface area contributed by atoms with Crippen molar-refractivity contribution in [3.63, 3.8) is 0 Å². The summed E-state index contributed by atoms with van der Waals surface area (Å²) in [6.07, 6.45) is -2.74. The molecule has 0 spiro atoms. The molecular weight excluding hydrogens is 645 g/mol. The Labute approximate surface area is 282 Å². The molecule has 4 atom stereocenters. The Morgan fingerprint density at radius 1 is 0.812 bits per heavy atom. The van der Waals surface area contributed by atoms with Gasteiger partial charge >= 0.3 is 0 Å². The molecule has 2 aliphatic heterocycles. The predicted octanol–water partition coefficient (Wildman–Crippen LogP) is 4.91. The summed E-state index contributed by atoms with van der Waals surface area (Å²) in [5.41, 5.74) is 0.681. The van der Waals surface area contributed by atoms with Gasteiger partial charge in [0, 0.05) is 0 Å². The van der Waals surface area contributed by atoms with Crippen molar-refractivity contribution in [2.45, 2.75) is 74.4 Å².